The van der Waals surface area contributed by atoms with Crippen molar-refractivity contribution in [1.29, 1.82) is 0 Å². The monoisotopic (exact) mass is 538 g/mol. The van der Waals surface area contributed by atoms with Gasteiger partial charge in [0.2, 0.25) is 0 Å². The van der Waals surface area contributed by atoms with Gasteiger partial charge in [-0.1, -0.05) is 97.1 Å². The van der Waals surface area contributed by atoms with Gasteiger partial charge in [0.1, 0.15) is 0 Å². The van der Waals surface area contributed by atoms with E-state index in [1.54, 1.807) is 0 Å². The standard InChI is InChI=1S/C38H22N2S/c1-2-11-24(12-3-1)40-31-16-8-6-14-26(31)28-20-21-32-34(37(28)40)30-19-18-29-27-15-7-9-17-33(27)41-38(29)35(30)36-25-13-5-4-10-23(25)22-39(32)36/h1-22H. The zero-order chi connectivity index (χ0) is 26.7. The first kappa shape index (κ1) is 21.7. The molecule has 0 radical (unpaired) electrons. The van der Waals surface area contributed by atoms with Crippen LogP contribution in [-0.4, -0.2) is 8.97 Å². The average molecular weight is 539 g/mol. The molecule has 0 atom stereocenters. The van der Waals surface area contributed by atoms with Crippen LogP contribution in [0.15, 0.2) is 134 Å². The van der Waals surface area contributed by atoms with Crippen molar-refractivity contribution in [3.63, 3.8) is 0 Å². The van der Waals surface area contributed by atoms with Crippen LogP contribution in [0.1, 0.15) is 0 Å². The molecule has 0 fully saturated rings. The summed E-state index contributed by atoms with van der Waals surface area (Å²) >= 11 is 1.92. The summed E-state index contributed by atoms with van der Waals surface area (Å²) in [6.07, 6.45) is 2.33. The Kier molecular flexibility index (Phi) is 4.10. The van der Waals surface area contributed by atoms with Crippen molar-refractivity contribution in [2.45, 2.75) is 0 Å². The van der Waals surface area contributed by atoms with Crippen LogP contribution in [-0.2, 0) is 0 Å². The Balaban J connectivity index is 1.57. The summed E-state index contributed by atoms with van der Waals surface area (Å²) < 4.78 is 7.62. The molecular weight excluding hydrogens is 516 g/mol. The summed E-state index contributed by atoms with van der Waals surface area (Å²) in [5.74, 6) is 0. The fourth-order valence-corrected chi connectivity index (χ4v) is 8.45. The van der Waals surface area contributed by atoms with Gasteiger partial charge < -0.3 is 8.97 Å². The number of thiophene rings is 1. The van der Waals surface area contributed by atoms with E-state index in [4.69, 9.17) is 0 Å². The van der Waals surface area contributed by atoms with E-state index < -0.39 is 0 Å². The number of hydrogen-bond acceptors (Lipinski definition) is 1. The largest absolute Gasteiger partial charge is 0.315 e. The Morgan fingerprint density at radius 2 is 1.15 bits per heavy atom. The van der Waals surface area contributed by atoms with Gasteiger partial charge in [-0.3, -0.25) is 0 Å². The first-order valence-corrected chi connectivity index (χ1v) is 14.9. The van der Waals surface area contributed by atoms with Crippen LogP contribution < -0.4 is 0 Å². The lowest BCUT2D eigenvalue weighted by Crippen LogP contribution is -1.96. The highest BCUT2D eigenvalue weighted by molar-refractivity contribution is 7.26. The number of rotatable bonds is 1. The minimum absolute atomic E-state index is 1.18. The van der Waals surface area contributed by atoms with Gasteiger partial charge in [-0.25, -0.2) is 0 Å². The van der Waals surface area contributed by atoms with Gasteiger partial charge in [0.15, 0.2) is 0 Å². The summed E-state index contributed by atoms with van der Waals surface area (Å²) in [4.78, 5) is 0. The molecule has 190 valence electrons. The van der Waals surface area contributed by atoms with Crippen LogP contribution in [0.3, 0.4) is 0 Å². The Morgan fingerprint density at radius 1 is 0.439 bits per heavy atom. The third-order valence-corrected chi connectivity index (χ3v) is 10.1. The molecule has 0 N–H and O–H groups in total. The van der Waals surface area contributed by atoms with Gasteiger partial charge in [-0.15, -0.1) is 11.3 Å². The van der Waals surface area contributed by atoms with E-state index in [0.29, 0.717) is 0 Å². The van der Waals surface area contributed by atoms with Crippen molar-refractivity contribution < 1.29 is 0 Å². The van der Waals surface area contributed by atoms with E-state index in [2.05, 4.69) is 143 Å². The second-order valence-corrected chi connectivity index (χ2v) is 12.0. The molecule has 2 nitrogen and oxygen atoms in total. The lowest BCUT2D eigenvalue weighted by Gasteiger charge is -2.15. The van der Waals surface area contributed by atoms with Crippen molar-refractivity contribution in [2.75, 3.05) is 0 Å². The number of nitrogens with zero attached hydrogens (tertiary/aromatic N) is 2. The number of fused-ring (bicyclic) bond motifs is 16. The Morgan fingerprint density at radius 3 is 2.05 bits per heavy atom. The van der Waals surface area contributed by atoms with Crippen LogP contribution in [0.2, 0.25) is 0 Å². The lowest BCUT2D eigenvalue weighted by molar-refractivity contribution is 1.18. The molecule has 0 aliphatic rings. The maximum Gasteiger partial charge on any atom is 0.0640 e. The fraction of sp³-hybridized carbons (Fsp3) is 0. The predicted octanol–water partition coefficient (Wildman–Crippen LogP) is 10.9. The Bertz CT molecular complexity index is 2690. The highest BCUT2D eigenvalue weighted by Gasteiger charge is 2.22. The van der Waals surface area contributed by atoms with Crippen LogP contribution >= 0.6 is 11.3 Å². The van der Waals surface area contributed by atoms with Crippen LogP contribution in [0.25, 0.3) is 85.6 Å². The molecule has 4 aromatic heterocycles. The molecule has 41 heavy (non-hydrogen) atoms. The molecule has 0 saturated heterocycles. The number of hydrogen-bond donors (Lipinski definition) is 0. The van der Waals surface area contributed by atoms with Gasteiger partial charge in [0.25, 0.3) is 0 Å². The maximum atomic E-state index is 2.47. The van der Waals surface area contributed by atoms with E-state index >= 15 is 0 Å². The second-order valence-electron chi connectivity index (χ2n) is 10.9. The summed E-state index contributed by atoms with van der Waals surface area (Å²) in [6.45, 7) is 0. The topological polar surface area (TPSA) is 9.34 Å². The molecule has 0 aliphatic carbocycles. The van der Waals surface area contributed by atoms with Gasteiger partial charge in [-0.2, -0.15) is 0 Å². The zero-order valence-electron chi connectivity index (χ0n) is 22.0. The molecule has 6 aromatic carbocycles. The molecule has 4 heterocycles. The second kappa shape index (κ2) is 7.75. The lowest BCUT2D eigenvalue weighted by atomic mass is 9.99. The van der Waals surface area contributed by atoms with Crippen molar-refractivity contribution in [3.05, 3.63) is 134 Å². The number of pyridine rings is 1. The van der Waals surface area contributed by atoms with E-state index in [1.807, 2.05) is 11.3 Å². The van der Waals surface area contributed by atoms with Crippen LogP contribution in [0, 0.1) is 0 Å². The number of aromatic nitrogens is 2. The highest BCUT2D eigenvalue weighted by Crippen LogP contribution is 2.47. The summed E-state index contributed by atoms with van der Waals surface area (Å²) in [7, 11) is 0. The third-order valence-electron chi connectivity index (χ3n) is 8.87. The quantitative estimate of drug-likeness (QED) is 0.184. The smallest absolute Gasteiger partial charge is 0.0640 e. The van der Waals surface area contributed by atoms with Crippen molar-refractivity contribution in [2.24, 2.45) is 0 Å². The molecule has 10 aromatic rings. The summed E-state index contributed by atoms with van der Waals surface area (Å²) in [5.41, 5.74) is 6.20. The van der Waals surface area contributed by atoms with Crippen molar-refractivity contribution >= 4 is 91.3 Å². The minimum atomic E-state index is 1.18. The minimum Gasteiger partial charge on any atom is -0.315 e. The van der Waals surface area contributed by atoms with E-state index in [1.165, 1.54) is 85.6 Å². The molecule has 0 spiro atoms. The van der Waals surface area contributed by atoms with Gasteiger partial charge in [0, 0.05) is 64.4 Å². The first-order chi connectivity index (χ1) is 20.4. The van der Waals surface area contributed by atoms with Crippen LogP contribution in [0.5, 0.6) is 0 Å². The zero-order valence-corrected chi connectivity index (χ0v) is 22.8. The Labute approximate surface area is 238 Å². The van der Waals surface area contributed by atoms with E-state index in [0.717, 1.165) is 0 Å². The molecule has 3 heteroatoms. The van der Waals surface area contributed by atoms with Gasteiger partial charge in [-0.05, 0) is 35.7 Å². The molecule has 0 amide bonds. The average Bonchev–Trinajstić information content (AvgIpc) is 3.71. The van der Waals surface area contributed by atoms with Gasteiger partial charge in [0.05, 0.1) is 22.1 Å². The third kappa shape index (κ3) is 2.71. The SMILES string of the molecule is c1ccc(-n2c3ccccc3c3ccc4c(c5ccc6c7ccccc7sc6c5c5c6ccccc6cn45)c32)cc1. The maximum absolute atomic E-state index is 2.47. The highest BCUT2D eigenvalue weighted by atomic mass is 32.1. The fourth-order valence-electron chi connectivity index (χ4n) is 7.19. The molecule has 0 bridgehead atoms. The van der Waals surface area contributed by atoms with Crippen molar-refractivity contribution in [1.82, 2.24) is 8.97 Å². The summed E-state index contributed by atoms with van der Waals surface area (Å²) in [6, 6.07) is 46.7. The van der Waals surface area contributed by atoms with Crippen molar-refractivity contribution in [3.8, 4) is 5.69 Å². The normalized spacial score (nSPS) is 12.4. The van der Waals surface area contributed by atoms with Gasteiger partial charge >= 0.3 is 0 Å². The molecular formula is C38H22N2S. The molecule has 10 rings (SSSR count). The molecule has 0 unspecified atom stereocenters. The molecule has 0 saturated carbocycles. The number of para-hydroxylation sites is 2. The van der Waals surface area contributed by atoms with E-state index in [-0.39, 0.29) is 0 Å². The molecule has 0 aliphatic heterocycles. The van der Waals surface area contributed by atoms with E-state index in [9.17, 15) is 0 Å². The van der Waals surface area contributed by atoms with Crippen LogP contribution in [0.4, 0.5) is 0 Å². The number of benzene rings is 6. The first-order valence-electron chi connectivity index (χ1n) is 14.0. The summed E-state index contributed by atoms with van der Waals surface area (Å²) in [5, 5.41) is 11.7. The predicted molar refractivity (Wildman–Crippen MR) is 177 cm³/mol. The Hall–Kier alpha value is -5.12.